The number of rotatable bonds is 4. The first-order valence-corrected chi connectivity index (χ1v) is 6.88. The van der Waals surface area contributed by atoms with E-state index < -0.39 is 0 Å². The summed E-state index contributed by atoms with van der Waals surface area (Å²) < 4.78 is 2.16. The predicted octanol–water partition coefficient (Wildman–Crippen LogP) is 4.24. The van der Waals surface area contributed by atoms with Crippen molar-refractivity contribution in [3.05, 3.63) is 66.0 Å². The number of aromatic nitrogens is 1. The molecule has 0 bridgehead atoms. The Kier molecular flexibility index (Phi) is 4.21. The molecule has 17 heavy (non-hydrogen) atoms. The van der Waals surface area contributed by atoms with Crippen LogP contribution >= 0.6 is 15.9 Å². The van der Waals surface area contributed by atoms with Gasteiger partial charge in [0.25, 0.3) is 0 Å². The van der Waals surface area contributed by atoms with Crippen molar-refractivity contribution in [2.45, 2.75) is 6.42 Å². The lowest BCUT2D eigenvalue weighted by atomic mass is 10.0. The molecule has 0 spiro atoms. The van der Waals surface area contributed by atoms with Crippen LogP contribution < -0.4 is 0 Å². The largest absolute Gasteiger partial charge is 0.351 e. The minimum atomic E-state index is 0.994. The van der Waals surface area contributed by atoms with E-state index in [0.717, 1.165) is 11.8 Å². The molecule has 1 aromatic heterocycles. The van der Waals surface area contributed by atoms with E-state index in [2.05, 4.69) is 82.3 Å². The van der Waals surface area contributed by atoms with E-state index >= 15 is 0 Å². The van der Waals surface area contributed by atoms with Crippen LogP contribution in [0.1, 0.15) is 17.7 Å². The molecule has 1 nitrogen and oxygen atoms in total. The lowest BCUT2D eigenvalue weighted by Gasteiger charge is -2.09. The number of nitrogens with zero attached hydrogens (tertiary/aromatic N) is 1. The molecule has 0 aliphatic carbocycles. The van der Waals surface area contributed by atoms with Gasteiger partial charge in [0.1, 0.15) is 0 Å². The molecule has 0 amide bonds. The molecule has 0 unspecified atom stereocenters. The highest BCUT2D eigenvalue weighted by atomic mass is 79.9. The van der Waals surface area contributed by atoms with Crippen molar-refractivity contribution in [2.24, 2.45) is 7.05 Å². The Labute approximate surface area is 111 Å². The van der Waals surface area contributed by atoms with Crippen LogP contribution in [-0.2, 0) is 7.05 Å². The van der Waals surface area contributed by atoms with Crippen LogP contribution in [0.5, 0.6) is 0 Å². The number of hydrogen-bond acceptors (Lipinski definition) is 0. The summed E-state index contributed by atoms with van der Waals surface area (Å²) in [4.78, 5) is 0. The van der Waals surface area contributed by atoms with E-state index in [9.17, 15) is 0 Å². The lowest BCUT2D eigenvalue weighted by Crippen LogP contribution is -1.96. The Morgan fingerprint density at radius 1 is 1.18 bits per heavy atom. The number of allylic oxidation sites excluding steroid dienone is 1. The molecule has 2 heteroatoms. The van der Waals surface area contributed by atoms with Crippen molar-refractivity contribution in [1.82, 2.24) is 4.57 Å². The van der Waals surface area contributed by atoms with Gasteiger partial charge >= 0.3 is 0 Å². The third-order valence-corrected chi connectivity index (χ3v) is 3.22. The van der Waals surface area contributed by atoms with E-state index in [0.29, 0.717) is 0 Å². The Morgan fingerprint density at radius 2 is 1.94 bits per heavy atom. The molecule has 0 fully saturated rings. The molecule has 0 saturated heterocycles. The second-order valence-corrected chi connectivity index (χ2v) is 4.76. The Morgan fingerprint density at radius 3 is 2.53 bits per heavy atom. The third kappa shape index (κ3) is 2.89. The first-order chi connectivity index (χ1) is 8.33. The zero-order valence-corrected chi connectivity index (χ0v) is 11.5. The van der Waals surface area contributed by atoms with Gasteiger partial charge in [-0.25, -0.2) is 0 Å². The summed E-state index contributed by atoms with van der Waals surface area (Å²) >= 11 is 3.48. The zero-order chi connectivity index (χ0) is 12.1. The Balaban J connectivity index is 2.43. The van der Waals surface area contributed by atoms with Crippen molar-refractivity contribution in [3.63, 3.8) is 0 Å². The fraction of sp³-hybridized carbons (Fsp3) is 0.200. The summed E-state index contributed by atoms with van der Waals surface area (Å²) in [7, 11) is 2.08. The van der Waals surface area contributed by atoms with Gasteiger partial charge in [0.15, 0.2) is 0 Å². The van der Waals surface area contributed by atoms with Crippen LogP contribution in [0.15, 0.2) is 54.7 Å². The fourth-order valence-electron chi connectivity index (χ4n) is 1.93. The first-order valence-electron chi connectivity index (χ1n) is 5.76. The third-order valence-electron chi connectivity index (χ3n) is 2.76. The van der Waals surface area contributed by atoms with Crippen LogP contribution in [0.3, 0.4) is 0 Å². The highest BCUT2D eigenvalue weighted by Gasteiger charge is 2.06. The molecule has 0 aliphatic heterocycles. The maximum Gasteiger partial charge on any atom is 0.0480 e. The number of alkyl halides is 1. The highest BCUT2D eigenvalue weighted by molar-refractivity contribution is 9.09. The van der Waals surface area contributed by atoms with Crippen LogP contribution in [0.4, 0.5) is 0 Å². The average molecular weight is 290 g/mol. The normalized spacial score (nSPS) is 11.8. The molecule has 0 N–H and O–H groups in total. The molecule has 2 aromatic rings. The SMILES string of the molecule is Cn1cccc1/C(=C\CCBr)c1ccccc1. The van der Waals surface area contributed by atoms with Gasteiger partial charge in [-0.1, -0.05) is 52.3 Å². The maximum atomic E-state index is 3.48. The van der Waals surface area contributed by atoms with E-state index in [1.807, 2.05) is 0 Å². The van der Waals surface area contributed by atoms with Crippen molar-refractivity contribution in [2.75, 3.05) is 5.33 Å². The highest BCUT2D eigenvalue weighted by Crippen LogP contribution is 2.23. The molecule has 0 atom stereocenters. The maximum absolute atomic E-state index is 3.48. The summed E-state index contributed by atoms with van der Waals surface area (Å²) in [5.41, 5.74) is 3.84. The minimum absolute atomic E-state index is 0.994. The molecular formula is C15H16BrN. The molecule has 0 radical (unpaired) electrons. The van der Waals surface area contributed by atoms with Crippen LogP contribution in [-0.4, -0.2) is 9.90 Å². The van der Waals surface area contributed by atoms with Gasteiger partial charge in [0.2, 0.25) is 0 Å². The minimum Gasteiger partial charge on any atom is -0.351 e. The Hall–Kier alpha value is -1.28. The van der Waals surface area contributed by atoms with Gasteiger partial charge in [0, 0.05) is 29.8 Å². The average Bonchev–Trinajstić information content (AvgIpc) is 2.78. The van der Waals surface area contributed by atoms with Crippen LogP contribution in [0, 0.1) is 0 Å². The molecule has 2 rings (SSSR count). The topological polar surface area (TPSA) is 4.93 Å². The second-order valence-electron chi connectivity index (χ2n) is 3.97. The quantitative estimate of drug-likeness (QED) is 0.742. The summed E-state index contributed by atoms with van der Waals surface area (Å²) in [5.74, 6) is 0. The van der Waals surface area contributed by atoms with Crippen molar-refractivity contribution < 1.29 is 0 Å². The Bertz CT molecular complexity index is 497. The van der Waals surface area contributed by atoms with Crippen molar-refractivity contribution in [1.29, 1.82) is 0 Å². The number of hydrogen-bond donors (Lipinski definition) is 0. The van der Waals surface area contributed by atoms with Crippen LogP contribution in [0.25, 0.3) is 5.57 Å². The summed E-state index contributed by atoms with van der Waals surface area (Å²) in [5, 5.41) is 0.994. The van der Waals surface area contributed by atoms with Gasteiger partial charge in [-0.05, 0) is 24.1 Å². The smallest absolute Gasteiger partial charge is 0.0480 e. The second kappa shape index (κ2) is 5.87. The van der Waals surface area contributed by atoms with Gasteiger partial charge in [-0.2, -0.15) is 0 Å². The first kappa shape index (κ1) is 12.2. The van der Waals surface area contributed by atoms with E-state index in [1.54, 1.807) is 0 Å². The molecule has 88 valence electrons. The molecule has 1 heterocycles. The van der Waals surface area contributed by atoms with Crippen molar-refractivity contribution in [3.8, 4) is 0 Å². The van der Waals surface area contributed by atoms with E-state index in [4.69, 9.17) is 0 Å². The van der Waals surface area contributed by atoms with Gasteiger partial charge < -0.3 is 4.57 Å². The monoisotopic (exact) mass is 289 g/mol. The number of halogens is 1. The summed E-state index contributed by atoms with van der Waals surface area (Å²) in [6, 6.07) is 14.8. The van der Waals surface area contributed by atoms with E-state index in [-0.39, 0.29) is 0 Å². The zero-order valence-electron chi connectivity index (χ0n) is 9.94. The lowest BCUT2D eigenvalue weighted by molar-refractivity contribution is 0.908. The van der Waals surface area contributed by atoms with Crippen molar-refractivity contribution >= 4 is 21.5 Å². The van der Waals surface area contributed by atoms with Gasteiger partial charge in [-0.15, -0.1) is 0 Å². The standard InChI is InChI=1S/C15H16BrN/c1-17-12-6-10-15(17)14(9-5-11-16)13-7-3-2-4-8-13/h2-4,6-10,12H,5,11H2,1H3/b14-9-. The fourth-order valence-corrected chi connectivity index (χ4v) is 2.16. The van der Waals surface area contributed by atoms with Gasteiger partial charge in [-0.3, -0.25) is 0 Å². The predicted molar refractivity (Wildman–Crippen MR) is 77.3 cm³/mol. The summed E-state index contributed by atoms with van der Waals surface area (Å²) in [6.07, 6.45) is 5.41. The number of benzene rings is 1. The molecule has 0 saturated carbocycles. The van der Waals surface area contributed by atoms with Crippen LogP contribution in [0.2, 0.25) is 0 Å². The number of aryl methyl sites for hydroxylation is 1. The van der Waals surface area contributed by atoms with E-state index in [1.165, 1.54) is 16.8 Å². The summed E-state index contributed by atoms with van der Waals surface area (Å²) in [6.45, 7) is 0. The van der Waals surface area contributed by atoms with Gasteiger partial charge in [0.05, 0.1) is 0 Å². The molecule has 0 aliphatic rings. The molecular weight excluding hydrogens is 274 g/mol. The molecule has 1 aromatic carbocycles.